The van der Waals surface area contributed by atoms with Crippen molar-refractivity contribution in [3.05, 3.63) is 30.4 Å². The van der Waals surface area contributed by atoms with E-state index in [1.807, 2.05) is 26.8 Å². The second kappa shape index (κ2) is 6.13. The smallest absolute Gasteiger partial charge is 0.492 e. The molecule has 0 saturated heterocycles. The predicted octanol–water partition coefficient (Wildman–Crippen LogP) is 1.24. The molecule has 104 valence electrons. The minimum Gasteiger partial charge on any atom is -0.497 e. The van der Waals surface area contributed by atoms with Crippen LogP contribution in [0.25, 0.3) is 0 Å². The first-order valence-corrected chi connectivity index (χ1v) is 6.13. The highest BCUT2D eigenvalue weighted by molar-refractivity contribution is 6.59. The summed E-state index contributed by atoms with van der Waals surface area (Å²) >= 11 is 0. The van der Waals surface area contributed by atoms with Gasteiger partial charge in [0.1, 0.15) is 18.1 Å². The van der Waals surface area contributed by atoms with Crippen LogP contribution in [0, 0.1) is 0 Å². The average Bonchev–Trinajstić information content (AvgIpc) is 2.34. The van der Waals surface area contributed by atoms with Crippen LogP contribution < -0.4 is 14.9 Å². The SMILES string of the molecule is C=CCOc1c(B(O)O)cc(OC)cc1C(C)(C)C. The van der Waals surface area contributed by atoms with E-state index in [1.165, 1.54) is 0 Å². The second-order valence-electron chi connectivity index (χ2n) is 5.32. The van der Waals surface area contributed by atoms with Gasteiger partial charge in [0.05, 0.1) is 7.11 Å². The molecule has 0 aliphatic rings. The molecule has 0 amide bonds. The summed E-state index contributed by atoms with van der Waals surface area (Å²) in [5.74, 6) is 1.04. The molecular weight excluding hydrogens is 243 g/mol. The summed E-state index contributed by atoms with van der Waals surface area (Å²) in [6.45, 7) is 9.97. The third kappa shape index (κ3) is 3.75. The Hall–Kier alpha value is -1.46. The minimum absolute atomic E-state index is 0.214. The first-order chi connectivity index (χ1) is 8.81. The number of ether oxygens (including phenoxy) is 2. The van der Waals surface area contributed by atoms with E-state index >= 15 is 0 Å². The number of rotatable bonds is 5. The van der Waals surface area contributed by atoms with Gasteiger partial charge in [-0.05, 0) is 17.5 Å². The van der Waals surface area contributed by atoms with Gasteiger partial charge in [0.2, 0.25) is 0 Å². The summed E-state index contributed by atoms with van der Waals surface area (Å²) in [6.07, 6.45) is 1.62. The zero-order valence-electron chi connectivity index (χ0n) is 11.9. The van der Waals surface area contributed by atoms with Crippen LogP contribution in [0.5, 0.6) is 11.5 Å². The molecule has 1 aromatic carbocycles. The fourth-order valence-corrected chi connectivity index (χ4v) is 1.79. The maximum absolute atomic E-state index is 9.51. The fourth-order valence-electron chi connectivity index (χ4n) is 1.79. The lowest BCUT2D eigenvalue weighted by Crippen LogP contribution is -2.33. The van der Waals surface area contributed by atoms with E-state index in [4.69, 9.17) is 9.47 Å². The molecular formula is C14H21BO4. The molecule has 0 saturated carbocycles. The molecule has 0 radical (unpaired) electrons. The van der Waals surface area contributed by atoms with Crippen molar-refractivity contribution < 1.29 is 19.5 Å². The monoisotopic (exact) mass is 264 g/mol. The normalized spacial score (nSPS) is 11.1. The van der Waals surface area contributed by atoms with Gasteiger partial charge in [0.25, 0.3) is 0 Å². The first kappa shape index (κ1) is 15.6. The molecule has 1 rings (SSSR count). The minimum atomic E-state index is -1.61. The molecule has 5 heteroatoms. The predicted molar refractivity (Wildman–Crippen MR) is 77.2 cm³/mol. The lowest BCUT2D eigenvalue weighted by molar-refractivity contribution is 0.347. The van der Waals surface area contributed by atoms with Crippen molar-refractivity contribution >= 4 is 12.6 Å². The van der Waals surface area contributed by atoms with Crippen LogP contribution in [0.2, 0.25) is 0 Å². The molecule has 0 unspecified atom stereocenters. The molecule has 4 nitrogen and oxygen atoms in total. The first-order valence-electron chi connectivity index (χ1n) is 6.13. The Balaban J connectivity index is 3.46. The highest BCUT2D eigenvalue weighted by atomic mass is 16.5. The molecule has 0 aromatic heterocycles. The van der Waals surface area contributed by atoms with Gasteiger partial charge in [-0.1, -0.05) is 33.4 Å². The standard InChI is InChI=1S/C14H21BO4/c1-6-7-19-13-11(14(2,3)4)8-10(18-5)9-12(13)15(16)17/h6,8-9,16-17H,1,7H2,2-5H3. The summed E-state index contributed by atoms with van der Waals surface area (Å²) in [5, 5.41) is 19.0. The van der Waals surface area contributed by atoms with Gasteiger partial charge in [0.15, 0.2) is 0 Å². The van der Waals surface area contributed by atoms with E-state index in [0.29, 0.717) is 23.6 Å². The maximum atomic E-state index is 9.51. The van der Waals surface area contributed by atoms with E-state index < -0.39 is 7.12 Å². The number of hydrogen-bond acceptors (Lipinski definition) is 4. The maximum Gasteiger partial charge on any atom is 0.492 e. The lowest BCUT2D eigenvalue weighted by Gasteiger charge is -2.25. The molecule has 0 bridgehead atoms. The molecule has 0 atom stereocenters. The van der Waals surface area contributed by atoms with Crippen molar-refractivity contribution in [3.63, 3.8) is 0 Å². The van der Waals surface area contributed by atoms with E-state index in [1.54, 1.807) is 19.3 Å². The third-order valence-corrected chi connectivity index (χ3v) is 2.76. The van der Waals surface area contributed by atoms with Crippen molar-refractivity contribution in [1.29, 1.82) is 0 Å². The molecule has 0 aliphatic carbocycles. The van der Waals surface area contributed by atoms with Crippen LogP contribution in [0.1, 0.15) is 26.3 Å². The van der Waals surface area contributed by atoms with E-state index in [0.717, 1.165) is 5.56 Å². The molecule has 19 heavy (non-hydrogen) atoms. The zero-order chi connectivity index (χ0) is 14.6. The van der Waals surface area contributed by atoms with Gasteiger partial charge in [0, 0.05) is 11.0 Å². The van der Waals surface area contributed by atoms with Gasteiger partial charge in [-0.2, -0.15) is 0 Å². The van der Waals surface area contributed by atoms with Crippen molar-refractivity contribution in [2.75, 3.05) is 13.7 Å². The van der Waals surface area contributed by atoms with Crippen molar-refractivity contribution in [2.24, 2.45) is 0 Å². The van der Waals surface area contributed by atoms with Gasteiger partial charge >= 0.3 is 7.12 Å². The summed E-state index contributed by atoms with van der Waals surface area (Å²) in [6, 6.07) is 3.42. The van der Waals surface area contributed by atoms with Gasteiger partial charge < -0.3 is 19.5 Å². The molecule has 0 spiro atoms. The molecule has 0 fully saturated rings. The van der Waals surface area contributed by atoms with E-state index in [9.17, 15) is 10.0 Å². The second-order valence-corrected chi connectivity index (χ2v) is 5.32. The summed E-state index contributed by atoms with van der Waals surface area (Å²) < 4.78 is 10.8. The lowest BCUT2D eigenvalue weighted by atomic mass is 9.74. The topological polar surface area (TPSA) is 58.9 Å². The van der Waals surface area contributed by atoms with Crippen molar-refractivity contribution in [3.8, 4) is 11.5 Å². The molecule has 0 aliphatic heterocycles. The number of methoxy groups -OCH3 is 1. The van der Waals surface area contributed by atoms with Crippen molar-refractivity contribution in [1.82, 2.24) is 0 Å². The molecule has 0 heterocycles. The van der Waals surface area contributed by atoms with E-state index in [2.05, 4.69) is 6.58 Å². The Bertz CT molecular complexity index is 449. The van der Waals surface area contributed by atoms with E-state index in [-0.39, 0.29) is 5.41 Å². The highest BCUT2D eigenvalue weighted by Gasteiger charge is 2.27. The summed E-state index contributed by atoms with van der Waals surface area (Å²) in [5.41, 5.74) is 0.942. The molecule has 2 N–H and O–H groups in total. The Morgan fingerprint density at radius 2 is 1.95 bits per heavy atom. The highest BCUT2D eigenvalue weighted by Crippen LogP contribution is 2.33. The Labute approximate surface area is 114 Å². The number of hydrogen-bond donors (Lipinski definition) is 2. The quantitative estimate of drug-likeness (QED) is 0.620. The Morgan fingerprint density at radius 3 is 2.37 bits per heavy atom. The van der Waals surface area contributed by atoms with Gasteiger partial charge in [-0.15, -0.1) is 0 Å². The van der Waals surface area contributed by atoms with Gasteiger partial charge in [-0.3, -0.25) is 0 Å². The summed E-state index contributed by atoms with van der Waals surface area (Å²) in [4.78, 5) is 0. The average molecular weight is 264 g/mol. The van der Waals surface area contributed by atoms with Crippen LogP contribution >= 0.6 is 0 Å². The van der Waals surface area contributed by atoms with Crippen molar-refractivity contribution in [2.45, 2.75) is 26.2 Å². The van der Waals surface area contributed by atoms with Crippen LogP contribution in [0.3, 0.4) is 0 Å². The Morgan fingerprint density at radius 1 is 1.32 bits per heavy atom. The Kier molecular flexibility index (Phi) is 5.03. The van der Waals surface area contributed by atoms with Gasteiger partial charge in [-0.25, -0.2) is 0 Å². The fraction of sp³-hybridized carbons (Fsp3) is 0.429. The van der Waals surface area contributed by atoms with Crippen LogP contribution in [0.4, 0.5) is 0 Å². The van der Waals surface area contributed by atoms with Crippen LogP contribution in [-0.2, 0) is 5.41 Å². The molecule has 1 aromatic rings. The van der Waals surface area contributed by atoms with Crippen LogP contribution in [0.15, 0.2) is 24.8 Å². The third-order valence-electron chi connectivity index (χ3n) is 2.76. The summed E-state index contributed by atoms with van der Waals surface area (Å²) in [7, 11) is -0.0736. The number of benzene rings is 1. The zero-order valence-corrected chi connectivity index (χ0v) is 11.9. The largest absolute Gasteiger partial charge is 0.497 e. The van der Waals surface area contributed by atoms with Crippen LogP contribution in [-0.4, -0.2) is 30.9 Å².